The molecule has 194 valence electrons. The first-order chi connectivity index (χ1) is 17.9. The molecule has 0 spiro atoms. The Hall–Kier alpha value is -3.65. The number of nitrogens with zero attached hydrogens (tertiary/aromatic N) is 3. The van der Waals surface area contributed by atoms with Gasteiger partial charge >= 0.3 is 0 Å². The van der Waals surface area contributed by atoms with E-state index in [1.165, 1.54) is 0 Å². The summed E-state index contributed by atoms with van der Waals surface area (Å²) in [5.41, 5.74) is 6.47. The van der Waals surface area contributed by atoms with Crippen molar-refractivity contribution in [2.24, 2.45) is 0 Å². The number of thiazole rings is 1. The van der Waals surface area contributed by atoms with Crippen molar-refractivity contribution in [2.75, 3.05) is 20.8 Å². The number of amides is 1. The van der Waals surface area contributed by atoms with Gasteiger partial charge in [0.1, 0.15) is 5.01 Å². The van der Waals surface area contributed by atoms with Crippen LogP contribution in [0.1, 0.15) is 47.1 Å². The molecule has 3 aromatic heterocycles. The number of hydrogen-bond donors (Lipinski definition) is 1. The van der Waals surface area contributed by atoms with Crippen LogP contribution in [0.3, 0.4) is 0 Å². The Morgan fingerprint density at radius 2 is 1.89 bits per heavy atom. The third-order valence-corrected chi connectivity index (χ3v) is 7.32. The summed E-state index contributed by atoms with van der Waals surface area (Å²) < 4.78 is 13.1. The molecule has 0 atom stereocenters. The first-order valence-electron chi connectivity index (χ1n) is 12.5. The zero-order valence-corrected chi connectivity index (χ0v) is 22.9. The third-order valence-electron chi connectivity index (χ3n) is 6.42. The number of ether oxygens (including phenoxy) is 2. The summed E-state index contributed by atoms with van der Waals surface area (Å²) in [6.45, 7) is 7.45. The molecule has 8 heteroatoms. The number of aromatic nitrogens is 3. The molecule has 0 saturated heterocycles. The van der Waals surface area contributed by atoms with E-state index in [0.29, 0.717) is 30.2 Å². The molecule has 7 nitrogen and oxygen atoms in total. The van der Waals surface area contributed by atoms with Crippen molar-refractivity contribution >= 4 is 17.2 Å². The number of unbranched alkanes of at least 4 members (excludes halogenated alkanes) is 1. The second kappa shape index (κ2) is 12.1. The molecular formula is C29H34N4O3S. The molecule has 0 radical (unpaired) electrons. The van der Waals surface area contributed by atoms with Gasteiger partial charge in [-0.05, 0) is 62.6 Å². The van der Waals surface area contributed by atoms with Gasteiger partial charge in [0.05, 0.1) is 31.2 Å². The number of methoxy groups -OCH3 is 2. The summed E-state index contributed by atoms with van der Waals surface area (Å²) in [5, 5.41) is 6.02. The van der Waals surface area contributed by atoms with E-state index in [2.05, 4.69) is 27.2 Å². The molecule has 1 amide bonds. The highest BCUT2D eigenvalue weighted by atomic mass is 32.1. The van der Waals surface area contributed by atoms with E-state index < -0.39 is 0 Å². The van der Waals surface area contributed by atoms with Gasteiger partial charge in [-0.3, -0.25) is 9.78 Å². The number of hydrogen-bond acceptors (Lipinski definition) is 6. The molecule has 0 aliphatic rings. The summed E-state index contributed by atoms with van der Waals surface area (Å²) in [6.07, 6.45) is 4.61. The number of aryl methyl sites for hydroxylation is 2. The SMILES string of the molecule is CCCCNC(=O)c1cc(-c2csc(-c3ccc(C)nc3)n2)n(CCc2ccc(OC)c(OC)c2)c1C. The van der Waals surface area contributed by atoms with Gasteiger partial charge in [0.2, 0.25) is 0 Å². The van der Waals surface area contributed by atoms with E-state index in [4.69, 9.17) is 14.5 Å². The number of benzene rings is 1. The van der Waals surface area contributed by atoms with Gasteiger partial charge in [-0.2, -0.15) is 0 Å². The minimum atomic E-state index is -0.0461. The van der Waals surface area contributed by atoms with Crippen molar-refractivity contribution < 1.29 is 14.3 Å². The highest BCUT2D eigenvalue weighted by Gasteiger charge is 2.20. The molecule has 4 aromatic rings. The number of rotatable bonds is 11. The average Bonchev–Trinajstić information content (AvgIpc) is 3.52. The second-order valence-electron chi connectivity index (χ2n) is 8.96. The van der Waals surface area contributed by atoms with Crippen LogP contribution in [0.25, 0.3) is 22.0 Å². The number of carbonyl (C=O) groups excluding carboxylic acids is 1. The van der Waals surface area contributed by atoms with Crippen LogP contribution in [-0.2, 0) is 13.0 Å². The lowest BCUT2D eigenvalue weighted by Crippen LogP contribution is -2.24. The van der Waals surface area contributed by atoms with Crippen LogP contribution >= 0.6 is 11.3 Å². The number of carbonyl (C=O) groups is 1. The van der Waals surface area contributed by atoms with Gasteiger partial charge in [-0.25, -0.2) is 4.98 Å². The largest absolute Gasteiger partial charge is 0.493 e. The Balaban J connectivity index is 1.67. The molecule has 0 unspecified atom stereocenters. The van der Waals surface area contributed by atoms with E-state index in [-0.39, 0.29) is 5.91 Å². The topological polar surface area (TPSA) is 78.3 Å². The summed E-state index contributed by atoms with van der Waals surface area (Å²) in [6, 6.07) is 12.0. The van der Waals surface area contributed by atoms with Crippen LogP contribution in [0, 0.1) is 13.8 Å². The lowest BCUT2D eigenvalue weighted by atomic mass is 10.1. The number of nitrogens with one attached hydrogen (secondary N) is 1. The minimum Gasteiger partial charge on any atom is -0.493 e. The Bertz CT molecular complexity index is 1360. The van der Waals surface area contributed by atoms with E-state index in [1.807, 2.05) is 56.4 Å². The lowest BCUT2D eigenvalue weighted by molar-refractivity contribution is 0.0952. The Labute approximate surface area is 222 Å². The summed E-state index contributed by atoms with van der Waals surface area (Å²) >= 11 is 1.58. The fourth-order valence-corrected chi connectivity index (χ4v) is 5.05. The van der Waals surface area contributed by atoms with Crippen molar-refractivity contribution in [3.8, 4) is 33.5 Å². The molecule has 0 saturated carbocycles. The van der Waals surface area contributed by atoms with Gasteiger partial charge in [0.25, 0.3) is 5.91 Å². The summed E-state index contributed by atoms with van der Waals surface area (Å²) in [4.78, 5) is 22.4. The highest BCUT2D eigenvalue weighted by molar-refractivity contribution is 7.13. The normalized spacial score (nSPS) is 10.9. The van der Waals surface area contributed by atoms with Crippen molar-refractivity contribution in [3.05, 3.63) is 70.5 Å². The van der Waals surface area contributed by atoms with Crippen LogP contribution < -0.4 is 14.8 Å². The molecule has 0 aliphatic heterocycles. The van der Waals surface area contributed by atoms with E-state index in [0.717, 1.165) is 58.2 Å². The van der Waals surface area contributed by atoms with Crippen LogP contribution in [0.2, 0.25) is 0 Å². The van der Waals surface area contributed by atoms with Gasteiger partial charge in [-0.1, -0.05) is 19.4 Å². The smallest absolute Gasteiger partial charge is 0.253 e. The Kier molecular flexibility index (Phi) is 8.61. The monoisotopic (exact) mass is 518 g/mol. The lowest BCUT2D eigenvalue weighted by Gasteiger charge is -2.13. The molecule has 3 heterocycles. The molecule has 0 bridgehead atoms. The van der Waals surface area contributed by atoms with Crippen LogP contribution in [0.5, 0.6) is 11.5 Å². The Morgan fingerprint density at radius 1 is 1.08 bits per heavy atom. The number of pyridine rings is 1. The van der Waals surface area contributed by atoms with Crippen LogP contribution in [0.4, 0.5) is 0 Å². The maximum absolute atomic E-state index is 13.0. The van der Waals surface area contributed by atoms with Gasteiger partial charge in [0, 0.05) is 41.6 Å². The summed E-state index contributed by atoms with van der Waals surface area (Å²) in [5.74, 6) is 1.36. The molecule has 0 fully saturated rings. The van der Waals surface area contributed by atoms with Gasteiger partial charge in [0.15, 0.2) is 11.5 Å². The van der Waals surface area contributed by atoms with Crippen molar-refractivity contribution in [1.29, 1.82) is 0 Å². The predicted octanol–water partition coefficient (Wildman–Crippen LogP) is 6.08. The maximum atomic E-state index is 13.0. The molecule has 1 N–H and O–H groups in total. The van der Waals surface area contributed by atoms with Crippen LogP contribution in [0.15, 0.2) is 48.0 Å². The van der Waals surface area contributed by atoms with Crippen molar-refractivity contribution in [1.82, 2.24) is 19.9 Å². The van der Waals surface area contributed by atoms with E-state index in [9.17, 15) is 4.79 Å². The fourth-order valence-electron chi connectivity index (χ4n) is 4.24. The highest BCUT2D eigenvalue weighted by Crippen LogP contribution is 2.32. The first kappa shape index (κ1) is 26.4. The zero-order valence-electron chi connectivity index (χ0n) is 22.1. The van der Waals surface area contributed by atoms with Crippen molar-refractivity contribution in [2.45, 2.75) is 46.6 Å². The molecule has 0 aliphatic carbocycles. The standard InChI is InChI=1S/C29H34N4O3S/c1-6-7-13-30-28(34)23-16-25(24-18-37-29(32-24)22-10-8-19(2)31-17-22)33(20(23)3)14-12-21-9-11-26(35-4)27(15-21)36-5/h8-11,15-18H,6-7,12-14H2,1-5H3,(H,30,34). The molecule has 37 heavy (non-hydrogen) atoms. The average molecular weight is 519 g/mol. The van der Waals surface area contributed by atoms with E-state index in [1.54, 1.807) is 25.6 Å². The molecule has 1 aromatic carbocycles. The summed E-state index contributed by atoms with van der Waals surface area (Å²) in [7, 11) is 3.28. The quantitative estimate of drug-likeness (QED) is 0.244. The molecule has 4 rings (SSSR count). The fraction of sp³-hybridized carbons (Fsp3) is 0.345. The predicted molar refractivity (Wildman–Crippen MR) is 149 cm³/mol. The minimum absolute atomic E-state index is 0.0461. The van der Waals surface area contributed by atoms with Crippen molar-refractivity contribution in [3.63, 3.8) is 0 Å². The molecular weight excluding hydrogens is 484 g/mol. The first-order valence-corrected chi connectivity index (χ1v) is 13.4. The Morgan fingerprint density at radius 3 is 2.59 bits per heavy atom. The van der Waals surface area contributed by atoms with E-state index >= 15 is 0 Å². The maximum Gasteiger partial charge on any atom is 0.253 e. The third kappa shape index (κ3) is 6.02. The van der Waals surface area contributed by atoms with Gasteiger partial charge < -0.3 is 19.4 Å². The van der Waals surface area contributed by atoms with Gasteiger partial charge in [-0.15, -0.1) is 11.3 Å². The van der Waals surface area contributed by atoms with Crippen LogP contribution in [-0.4, -0.2) is 41.2 Å². The zero-order chi connectivity index (χ0) is 26.4. The second-order valence-corrected chi connectivity index (χ2v) is 9.81.